The number of rotatable bonds is 6. The van der Waals surface area contributed by atoms with Crippen LogP contribution < -0.4 is 5.32 Å². The normalized spacial score (nSPS) is 17.8. The highest BCUT2D eigenvalue weighted by molar-refractivity contribution is 5.18. The second-order valence-corrected chi connectivity index (χ2v) is 5.59. The predicted molar refractivity (Wildman–Crippen MR) is 74.1 cm³/mol. The molecule has 19 heavy (non-hydrogen) atoms. The molecule has 0 aliphatic heterocycles. The summed E-state index contributed by atoms with van der Waals surface area (Å²) in [7, 11) is 0. The minimum atomic E-state index is -0.764. The molecule has 0 radical (unpaired) electrons. The Morgan fingerprint density at radius 2 is 1.95 bits per heavy atom. The maximum atomic E-state index is 13.2. The fourth-order valence-corrected chi connectivity index (χ4v) is 3.13. The Kier molecular flexibility index (Phi) is 5.32. The molecule has 0 spiro atoms. The highest BCUT2D eigenvalue weighted by Gasteiger charge is 2.20. The van der Waals surface area contributed by atoms with Gasteiger partial charge in [-0.05, 0) is 43.0 Å². The number of hydrogen-bond acceptors (Lipinski definition) is 1. The number of halogens is 2. The largest absolute Gasteiger partial charge is 0.314 e. The van der Waals surface area contributed by atoms with Gasteiger partial charge in [-0.25, -0.2) is 8.78 Å². The van der Waals surface area contributed by atoms with Crippen molar-refractivity contribution in [3.05, 3.63) is 35.4 Å². The zero-order chi connectivity index (χ0) is 13.7. The quantitative estimate of drug-likeness (QED) is 0.819. The van der Waals surface area contributed by atoms with Gasteiger partial charge in [0.1, 0.15) is 0 Å². The molecule has 1 atom stereocenters. The van der Waals surface area contributed by atoms with Gasteiger partial charge in [-0.2, -0.15) is 0 Å². The minimum Gasteiger partial charge on any atom is -0.314 e. The molecule has 1 aromatic rings. The topological polar surface area (TPSA) is 12.0 Å². The monoisotopic (exact) mass is 267 g/mol. The molecule has 1 fully saturated rings. The Hall–Kier alpha value is -0.960. The zero-order valence-corrected chi connectivity index (χ0v) is 11.6. The molecule has 2 rings (SSSR count). The lowest BCUT2D eigenvalue weighted by molar-refractivity contribution is 0.389. The van der Waals surface area contributed by atoms with E-state index in [4.69, 9.17) is 0 Å². The van der Waals surface area contributed by atoms with Crippen LogP contribution in [0.4, 0.5) is 8.78 Å². The van der Waals surface area contributed by atoms with Crippen LogP contribution in [0, 0.1) is 17.6 Å². The second kappa shape index (κ2) is 6.99. The van der Waals surface area contributed by atoms with Gasteiger partial charge in [0, 0.05) is 6.04 Å². The van der Waals surface area contributed by atoms with Gasteiger partial charge in [-0.1, -0.05) is 38.7 Å². The number of nitrogens with one attached hydrogen (secondary N) is 1. The van der Waals surface area contributed by atoms with Gasteiger partial charge < -0.3 is 5.32 Å². The summed E-state index contributed by atoms with van der Waals surface area (Å²) < 4.78 is 26.1. The maximum Gasteiger partial charge on any atom is 0.159 e. The van der Waals surface area contributed by atoms with Crippen molar-refractivity contribution in [2.75, 3.05) is 6.54 Å². The smallest absolute Gasteiger partial charge is 0.159 e. The molecule has 106 valence electrons. The summed E-state index contributed by atoms with van der Waals surface area (Å²) in [6.07, 6.45) is 7.25. The van der Waals surface area contributed by atoms with E-state index in [0.29, 0.717) is 6.04 Å². The van der Waals surface area contributed by atoms with Crippen molar-refractivity contribution in [1.82, 2.24) is 5.32 Å². The molecule has 1 unspecified atom stereocenters. The summed E-state index contributed by atoms with van der Waals surface area (Å²) in [5.74, 6) is -0.706. The lowest BCUT2D eigenvalue weighted by Crippen LogP contribution is -2.32. The van der Waals surface area contributed by atoms with Crippen LogP contribution in [0.15, 0.2) is 18.2 Å². The van der Waals surface area contributed by atoms with Gasteiger partial charge in [0.15, 0.2) is 11.6 Å². The lowest BCUT2D eigenvalue weighted by Gasteiger charge is -2.21. The molecule has 1 aromatic carbocycles. The Labute approximate surface area is 114 Å². The van der Waals surface area contributed by atoms with E-state index < -0.39 is 11.6 Å². The molecule has 0 saturated heterocycles. The van der Waals surface area contributed by atoms with E-state index in [1.54, 1.807) is 6.07 Å². The molecule has 1 saturated carbocycles. The fraction of sp³-hybridized carbons (Fsp3) is 0.625. The van der Waals surface area contributed by atoms with Crippen molar-refractivity contribution in [2.45, 2.75) is 51.5 Å². The summed E-state index contributed by atoms with van der Waals surface area (Å²) in [6.45, 7) is 3.01. The van der Waals surface area contributed by atoms with E-state index in [1.165, 1.54) is 37.8 Å². The van der Waals surface area contributed by atoms with Crippen molar-refractivity contribution in [2.24, 2.45) is 5.92 Å². The maximum absolute atomic E-state index is 13.2. The molecule has 1 nitrogen and oxygen atoms in total. The van der Waals surface area contributed by atoms with Crippen LogP contribution >= 0.6 is 0 Å². The van der Waals surface area contributed by atoms with E-state index in [-0.39, 0.29) is 0 Å². The Bertz CT molecular complexity index is 400. The van der Waals surface area contributed by atoms with E-state index in [9.17, 15) is 8.78 Å². The third-order valence-electron chi connectivity index (χ3n) is 4.05. The highest BCUT2D eigenvalue weighted by Crippen LogP contribution is 2.29. The summed E-state index contributed by atoms with van der Waals surface area (Å²) >= 11 is 0. The zero-order valence-electron chi connectivity index (χ0n) is 11.6. The first kappa shape index (κ1) is 14.4. The van der Waals surface area contributed by atoms with E-state index in [1.807, 2.05) is 0 Å². The number of hydrogen-bond donors (Lipinski definition) is 1. The number of benzene rings is 1. The van der Waals surface area contributed by atoms with E-state index in [0.717, 1.165) is 30.9 Å². The first-order valence-electron chi connectivity index (χ1n) is 7.36. The first-order valence-corrected chi connectivity index (χ1v) is 7.36. The molecule has 0 aromatic heterocycles. The minimum absolute atomic E-state index is 0.373. The third-order valence-corrected chi connectivity index (χ3v) is 4.05. The van der Waals surface area contributed by atoms with Crippen LogP contribution in [0.5, 0.6) is 0 Å². The fourth-order valence-electron chi connectivity index (χ4n) is 3.13. The average molecular weight is 267 g/mol. The summed E-state index contributed by atoms with van der Waals surface area (Å²) in [5.41, 5.74) is 0.878. The van der Waals surface area contributed by atoms with Crippen LogP contribution in [-0.2, 0) is 6.42 Å². The van der Waals surface area contributed by atoms with Gasteiger partial charge in [-0.3, -0.25) is 0 Å². The van der Waals surface area contributed by atoms with Crippen molar-refractivity contribution in [1.29, 1.82) is 0 Å². The molecular formula is C16H23F2N. The van der Waals surface area contributed by atoms with Gasteiger partial charge in [0.25, 0.3) is 0 Å². The third kappa shape index (κ3) is 4.27. The Balaban J connectivity index is 1.96. The van der Waals surface area contributed by atoms with Crippen molar-refractivity contribution in [3.63, 3.8) is 0 Å². The molecule has 0 bridgehead atoms. The molecule has 1 aliphatic rings. The predicted octanol–water partition coefficient (Wildman–Crippen LogP) is 4.07. The summed E-state index contributed by atoms with van der Waals surface area (Å²) in [4.78, 5) is 0. The van der Waals surface area contributed by atoms with Gasteiger partial charge in [0.2, 0.25) is 0 Å². The van der Waals surface area contributed by atoms with Crippen LogP contribution in [0.2, 0.25) is 0 Å². The highest BCUT2D eigenvalue weighted by atomic mass is 19.2. The van der Waals surface area contributed by atoms with E-state index in [2.05, 4.69) is 12.2 Å². The molecule has 0 heterocycles. The summed E-state index contributed by atoms with van der Waals surface area (Å²) in [5, 5.41) is 3.48. The van der Waals surface area contributed by atoms with Crippen molar-refractivity contribution in [3.8, 4) is 0 Å². The van der Waals surface area contributed by atoms with Crippen molar-refractivity contribution >= 4 is 0 Å². The number of likely N-dealkylation sites (N-methyl/N-ethyl adjacent to an activating group) is 1. The average Bonchev–Trinajstić information content (AvgIpc) is 2.87. The standard InChI is InChI=1S/C16H23F2N/c1-2-19-14(9-12-5-3-4-6-12)10-13-7-8-15(17)16(18)11-13/h7-8,11-12,14,19H,2-6,9-10H2,1H3. The molecule has 3 heteroatoms. The van der Waals surface area contributed by atoms with Crippen LogP contribution in [-0.4, -0.2) is 12.6 Å². The molecule has 1 N–H and O–H groups in total. The van der Waals surface area contributed by atoms with Crippen LogP contribution in [0.1, 0.15) is 44.6 Å². The second-order valence-electron chi connectivity index (χ2n) is 5.59. The Morgan fingerprint density at radius 1 is 1.21 bits per heavy atom. The van der Waals surface area contributed by atoms with Crippen LogP contribution in [0.25, 0.3) is 0 Å². The lowest BCUT2D eigenvalue weighted by atomic mass is 9.94. The van der Waals surface area contributed by atoms with Gasteiger partial charge in [-0.15, -0.1) is 0 Å². The summed E-state index contributed by atoms with van der Waals surface area (Å²) in [6, 6.07) is 4.62. The first-order chi connectivity index (χ1) is 9.19. The van der Waals surface area contributed by atoms with Gasteiger partial charge >= 0.3 is 0 Å². The van der Waals surface area contributed by atoms with E-state index >= 15 is 0 Å². The van der Waals surface area contributed by atoms with Gasteiger partial charge in [0.05, 0.1) is 0 Å². The molecule has 0 amide bonds. The SMILES string of the molecule is CCNC(Cc1ccc(F)c(F)c1)CC1CCCC1. The molecular weight excluding hydrogens is 244 g/mol. The van der Waals surface area contributed by atoms with Crippen molar-refractivity contribution < 1.29 is 8.78 Å². The van der Waals surface area contributed by atoms with Crippen LogP contribution in [0.3, 0.4) is 0 Å². The Morgan fingerprint density at radius 3 is 2.58 bits per heavy atom. The molecule has 1 aliphatic carbocycles.